The number of carbonyl (C=O) groups excluding carboxylic acids is 1. The molecule has 1 fully saturated rings. The minimum atomic E-state index is -0.463. The summed E-state index contributed by atoms with van der Waals surface area (Å²) in [6.45, 7) is 0. The Morgan fingerprint density at radius 1 is 1.37 bits per heavy atom. The fraction of sp³-hybridized carbons (Fsp3) is 0.500. The number of hydrogen-bond acceptors (Lipinski definition) is 3. The Morgan fingerprint density at radius 3 is 2.79 bits per heavy atom. The minimum Gasteiger partial charge on any atom is -0.396 e. The molecule has 0 heterocycles. The van der Waals surface area contributed by atoms with Crippen LogP contribution >= 0.6 is 11.8 Å². The van der Waals surface area contributed by atoms with Gasteiger partial charge in [-0.05, 0) is 31.0 Å². The van der Waals surface area contributed by atoms with Gasteiger partial charge in [-0.2, -0.15) is 0 Å². The van der Waals surface area contributed by atoms with E-state index >= 15 is 0 Å². The normalized spacial score (nSPS) is 16.3. The van der Waals surface area contributed by atoms with E-state index in [1.54, 1.807) is 11.8 Å². The smallest absolute Gasteiger partial charge is 0.234 e. The van der Waals surface area contributed by atoms with Crippen molar-refractivity contribution in [2.75, 3.05) is 16.8 Å². The molecule has 2 rings (SSSR count). The molecule has 3 N–H and O–H groups in total. The lowest BCUT2D eigenvalue weighted by molar-refractivity contribution is -0.113. The summed E-state index contributed by atoms with van der Waals surface area (Å²) in [6, 6.07) is 4.23. The highest BCUT2D eigenvalue weighted by Crippen LogP contribution is 2.28. The molecule has 5 heteroatoms. The molecule has 0 unspecified atom stereocenters. The van der Waals surface area contributed by atoms with E-state index in [-0.39, 0.29) is 11.6 Å². The molecule has 0 spiro atoms. The number of nitrogen functional groups attached to an aromatic ring is 1. The molecule has 0 aliphatic heterocycles. The first-order chi connectivity index (χ1) is 9.15. The van der Waals surface area contributed by atoms with Gasteiger partial charge in [0.15, 0.2) is 0 Å². The second kappa shape index (κ2) is 6.80. The van der Waals surface area contributed by atoms with Crippen LogP contribution in [0, 0.1) is 5.82 Å². The zero-order chi connectivity index (χ0) is 13.7. The Bertz CT molecular complexity index is 447. The van der Waals surface area contributed by atoms with Crippen LogP contribution in [0.25, 0.3) is 0 Å². The molecule has 1 aromatic rings. The first kappa shape index (κ1) is 14.2. The van der Waals surface area contributed by atoms with E-state index in [1.807, 2.05) is 0 Å². The second-order valence-electron chi connectivity index (χ2n) is 4.86. The van der Waals surface area contributed by atoms with Crippen molar-refractivity contribution < 1.29 is 9.18 Å². The molecule has 1 aliphatic carbocycles. The lowest BCUT2D eigenvalue weighted by Gasteiger charge is -2.20. The molecule has 3 nitrogen and oxygen atoms in total. The quantitative estimate of drug-likeness (QED) is 0.832. The summed E-state index contributed by atoms with van der Waals surface area (Å²) in [5.74, 6) is -0.0711. The lowest BCUT2D eigenvalue weighted by Crippen LogP contribution is -2.18. The Morgan fingerprint density at radius 2 is 2.11 bits per heavy atom. The molecule has 1 aliphatic rings. The van der Waals surface area contributed by atoms with Gasteiger partial charge in [0.05, 0.1) is 11.4 Å². The van der Waals surface area contributed by atoms with Gasteiger partial charge in [-0.15, -0.1) is 11.8 Å². The minimum absolute atomic E-state index is 0.0535. The van der Waals surface area contributed by atoms with Gasteiger partial charge < -0.3 is 11.1 Å². The van der Waals surface area contributed by atoms with Crippen LogP contribution in [-0.2, 0) is 4.79 Å². The Labute approximate surface area is 117 Å². The van der Waals surface area contributed by atoms with E-state index in [9.17, 15) is 9.18 Å². The van der Waals surface area contributed by atoms with Crippen molar-refractivity contribution in [3.63, 3.8) is 0 Å². The maximum atomic E-state index is 13.0. The third kappa shape index (κ3) is 4.42. The third-order valence-corrected chi connectivity index (χ3v) is 4.65. The summed E-state index contributed by atoms with van der Waals surface area (Å²) in [7, 11) is 0. The van der Waals surface area contributed by atoms with Gasteiger partial charge >= 0.3 is 0 Å². The average Bonchev–Trinajstić information content (AvgIpc) is 2.42. The van der Waals surface area contributed by atoms with E-state index in [4.69, 9.17) is 5.73 Å². The van der Waals surface area contributed by atoms with Crippen molar-refractivity contribution in [1.29, 1.82) is 0 Å². The van der Waals surface area contributed by atoms with Gasteiger partial charge in [0, 0.05) is 10.9 Å². The van der Waals surface area contributed by atoms with Gasteiger partial charge in [-0.3, -0.25) is 4.79 Å². The van der Waals surface area contributed by atoms with Gasteiger partial charge in [-0.25, -0.2) is 4.39 Å². The molecule has 19 heavy (non-hydrogen) atoms. The van der Waals surface area contributed by atoms with E-state index in [0.29, 0.717) is 16.7 Å². The first-order valence-electron chi connectivity index (χ1n) is 6.61. The Hall–Kier alpha value is -1.23. The number of amides is 1. The number of nitrogens with two attached hydrogens (primary N) is 1. The summed E-state index contributed by atoms with van der Waals surface area (Å²) in [4.78, 5) is 11.8. The second-order valence-corrected chi connectivity index (χ2v) is 6.14. The predicted molar refractivity (Wildman–Crippen MR) is 78.8 cm³/mol. The molecular weight excluding hydrogens is 263 g/mol. The summed E-state index contributed by atoms with van der Waals surface area (Å²) in [5.41, 5.74) is 6.06. The number of halogens is 1. The molecule has 0 aromatic heterocycles. The fourth-order valence-electron chi connectivity index (χ4n) is 2.24. The van der Waals surface area contributed by atoms with Crippen LogP contribution in [0.4, 0.5) is 15.8 Å². The topological polar surface area (TPSA) is 55.1 Å². The summed E-state index contributed by atoms with van der Waals surface area (Å²) in [6.07, 6.45) is 6.28. The van der Waals surface area contributed by atoms with Crippen molar-refractivity contribution in [3.05, 3.63) is 24.0 Å². The van der Waals surface area contributed by atoms with E-state index in [1.165, 1.54) is 50.3 Å². The van der Waals surface area contributed by atoms with Crippen molar-refractivity contribution >= 4 is 29.0 Å². The first-order valence-corrected chi connectivity index (χ1v) is 7.66. The molecule has 1 aromatic carbocycles. The van der Waals surface area contributed by atoms with Gasteiger partial charge in [0.2, 0.25) is 5.91 Å². The lowest BCUT2D eigenvalue weighted by atomic mass is 10.0. The van der Waals surface area contributed by atoms with Crippen LogP contribution in [0.1, 0.15) is 32.1 Å². The van der Waals surface area contributed by atoms with Crippen molar-refractivity contribution in [1.82, 2.24) is 0 Å². The molecular formula is C14H19FN2OS. The number of hydrogen-bond donors (Lipinski definition) is 2. The number of thioether (sulfide) groups is 1. The van der Waals surface area contributed by atoms with Crippen LogP contribution < -0.4 is 11.1 Å². The molecule has 104 valence electrons. The maximum Gasteiger partial charge on any atom is 0.234 e. The molecule has 0 saturated heterocycles. The van der Waals surface area contributed by atoms with Crippen LogP contribution in [0.15, 0.2) is 18.2 Å². The van der Waals surface area contributed by atoms with Crippen LogP contribution in [0.5, 0.6) is 0 Å². The Kier molecular flexibility index (Phi) is 5.07. The highest BCUT2D eigenvalue weighted by atomic mass is 32.2. The monoisotopic (exact) mass is 282 g/mol. The van der Waals surface area contributed by atoms with E-state index in [0.717, 1.165) is 0 Å². The number of rotatable bonds is 4. The molecule has 1 amide bonds. The van der Waals surface area contributed by atoms with Gasteiger partial charge in [-0.1, -0.05) is 19.3 Å². The highest BCUT2D eigenvalue weighted by molar-refractivity contribution is 8.00. The predicted octanol–water partition coefficient (Wildman–Crippen LogP) is 3.41. The zero-order valence-corrected chi connectivity index (χ0v) is 11.6. The van der Waals surface area contributed by atoms with Crippen LogP contribution in [0.2, 0.25) is 0 Å². The zero-order valence-electron chi connectivity index (χ0n) is 10.8. The van der Waals surface area contributed by atoms with Crippen molar-refractivity contribution in [2.24, 2.45) is 0 Å². The van der Waals surface area contributed by atoms with Crippen LogP contribution in [0.3, 0.4) is 0 Å². The van der Waals surface area contributed by atoms with Gasteiger partial charge in [0.25, 0.3) is 0 Å². The SMILES string of the molecule is Nc1cc(NC(=O)CSC2CCCCC2)ccc1F. The molecule has 0 atom stereocenters. The summed E-state index contributed by atoms with van der Waals surface area (Å²) in [5, 5.41) is 3.35. The average molecular weight is 282 g/mol. The Balaban J connectivity index is 1.78. The number of benzene rings is 1. The van der Waals surface area contributed by atoms with E-state index < -0.39 is 5.82 Å². The standard InChI is InChI=1S/C14H19FN2OS/c15-12-7-6-10(8-13(12)16)17-14(18)9-19-11-4-2-1-3-5-11/h6-8,11H,1-5,9,16H2,(H,17,18). The van der Waals surface area contributed by atoms with Crippen molar-refractivity contribution in [2.45, 2.75) is 37.4 Å². The van der Waals surface area contributed by atoms with Crippen LogP contribution in [-0.4, -0.2) is 16.9 Å². The highest BCUT2D eigenvalue weighted by Gasteiger charge is 2.15. The number of anilines is 2. The molecule has 0 bridgehead atoms. The number of nitrogens with one attached hydrogen (secondary N) is 1. The van der Waals surface area contributed by atoms with E-state index in [2.05, 4.69) is 5.32 Å². The molecule has 1 saturated carbocycles. The van der Waals surface area contributed by atoms with Gasteiger partial charge in [0.1, 0.15) is 5.82 Å². The molecule has 0 radical (unpaired) electrons. The van der Waals surface area contributed by atoms with Crippen molar-refractivity contribution in [3.8, 4) is 0 Å². The largest absolute Gasteiger partial charge is 0.396 e. The summed E-state index contributed by atoms with van der Waals surface area (Å²) >= 11 is 1.71. The number of carbonyl (C=O) groups is 1. The third-order valence-electron chi connectivity index (χ3n) is 3.28. The fourth-order valence-corrected chi connectivity index (χ4v) is 3.37. The maximum absolute atomic E-state index is 13.0. The summed E-state index contributed by atoms with van der Waals surface area (Å²) < 4.78 is 13.0.